The molecule has 0 atom stereocenters. The van der Waals surface area contributed by atoms with Gasteiger partial charge in [0.15, 0.2) is 5.82 Å². The van der Waals surface area contributed by atoms with Crippen molar-refractivity contribution < 1.29 is 14.3 Å². The molecule has 0 radical (unpaired) electrons. The zero-order valence-corrected chi connectivity index (χ0v) is 19.7. The Balaban J connectivity index is 1.50. The van der Waals surface area contributed by atoms with E-state index in [1.54, 1.807) is 15.6 Å². The lowest BCUT2D eigenvalue weighted by atomic mass is 10.0. The molecule has 1 N–H and O–H groups in total. The lowest BCUT2D eigenvalue weighted by molar-refractivity contribution is -0.135. The van der Waals surface area contributed by atoms with E-state index in [0.29, 0.717) is 29.1 Å². The van der Waals surface area contributed by atoms with Crippen LogP contribution >= 0.6 is 11.8 Å². The van der Waals surface area contributed by atoms with Crippen LogP contribution in [-0.2, 0) is 4.79 Å². The highest BCUT2D eigenvalue weighted by Gasteiger charge is 2.26. The first-order valence-electron chi connectivity index (χ1n) is 11.1. The molecule has 4 aromatic rings. The molecule has 11 heteroatoms. The van der Waals surface area contributed by atoms with Crippen LogP contribution in [0.25, 0.3) is 16.6 Å². The molecule has 1 aliphatic rings. The molecule has 1 amide bonds. The van der Waals surface area contributed by atoms with Gasteiger partial charge in [0.2, 0.25) is 5.91 Å². The van der Waals surface area contributed by atoms with Crippen molar-refractivity contribution in [3.63, 3.8) is 0 Å². The number of hydrogen-bond donors (Lipinski definition) is 1. The molecule has 1 fully saturated rings. The van der Waals surface area contributed by atoms with Crippen molar-refractivity contribution in [2.24, 2.45) is 0 Å². The van der Waals surface area contributed by atoms with Crippen LogP contribution in [0.3, 0.4) is 0 Å². The van der Waals surface area contributed by atoms with E-state index in [2.05, 4.69) is 21.3 Å². The van der Waals surface area contributed by atoms with Crippen molar-refractivity contribution in [2.75, 3.05) is 19.7 Å². The van der Waals surface area contributed by atoms with Gasteiger partial charge in [-0.25, -0.2) is 13.9 Å². The van der Waals surface area contributed by atoms with Crippen molar-refractivity contribution in [1.82, 2.24) is 29.3 Å². The highest BCUT2D eigenvalue weighted by molar-refractivity contribution is 7.99. The Hall–Kier alpha value is -3.75. The minimum Gasteiger partial charge on any atom is -0.387 e. The summed E-state index contributed by atoms with van der Waals surface area (Å²) in [5, 5.41) is 27.9. The molecule has 9 nitrogen and oxygen atoms in total. The molecule has 178 valence electrons. The monoisotopic (exact) mass is 491 g/mol. The molecular formula is C24H22FN7O2S. The summed E-state index contributed by atoms with van der Waals surface area (Å²) in [6.07, 6.45) is 8.16. The van der Waals surface area contributed by atoms with Crippen LogP contribution in [0.5, 0.6) is 0 Å². The summed E-state index contributed by atoms with van der Waals surface area (Å²) < 4.78 is 18.0. The molecule has 4 aromatic heterocycles. The first kappa shape index (κ1) is 23.0. The maximum absolute atomic E-state index is 14.4. The van der Waals surface area contributed by atoms with E-state index < -0.39 is 12.4 Å². The fourth-order valence-electron chi connectivity index (χ4n) is 4.48. The molecule has 5 heterocycles. The number of aliphatic hydroxyl groups is 1. The van der Waals surface area contributed by atoms with Gasteiger partial charge in [0, 0.05) is 47.2 Å². The molecule has 5 rings (SSSR count). The second-order valence-corrected chi connectivity index (χ2v) is 9.34. The van der Waals surface area contributed by atoms with Crippen molar-refractivity contribution in [1.29, 1.82) is 5.26 Å². The lowest BCUT2D eigenvalue weighted by Gasteiger charge is -2.32. The Morgan fingerprint density at radius 1 is 1.31 bits per heavy atom. The number of aromatic nitrogens is 5. The number of nitriles is 1. The zero-order valence-electron chi connectivity index (χ0n) is 18.9. The normalized spacial score (nSPS) is 14.4. The van der Waals surface area contributed by atoms with Gasteiger partial charge in [-0.15, -0.1) is 0 Å². The lowest BCUT2D eigenvalue weighted by Crippen LogP contribution is -2.40. The number of piperidine rings is 1. The standard InChI is InChI=1S/C24H22FN7O2S/c1-15-19(12-29-32(15)18-4-7-30(8-5-18)22(34)14-33)16-9-21(35-24-20(25)3-2-6-27-24)23-17(10-26)11-28-31(23)13-16/h2-3,6,9,11-13,18,33H,4-5,7-8,14H2,1H3. The Labute approximate surface area is 204 Å². The van der Waals surface area contributed by atoms with E-state index in [1.807, 2.05) is 23.9 Å². The average molecular weight is 492 g/mol. The van der Waals surface area contributed by atoms with E-state index in [-0.39, 0.29) is 17.0 Å². The molecule has 1 saturated heterocycles. The summed E-state index contributed by atoms with van der Waals surface area (Å²) in [5.41, 5.74) is 3.69. The fraction of sp³-hybridized carbons (Fsp3) is 0.292. The molecule has 0 spiro atoms. The van der Waals surface area contributed by atoms with Crippen molar-refractivity contribution in [3.8, 4) is 17.2 Å². The van der Waals surface area contributed by atoms with Crippen LogP contribution in [0, 0.1) is 24.1 Å². The highest BCUT2D eigenvalue weighted by atomic mass is 32.2. The van der Waals surface area contributed by atoms with Gasteiger partial charge in [0.25, 0.3) is 0 Å². The van der Waals surface area contributed by atoms with Crippen LogP contribution in [0.4, 0.5) is 4.39 Å². The summed E-state index contributed by atoms with van der Waals surface area (Å²) in [6, 6.07) is 7.09. The number of pyridine rings is 2. The van der Waals surface area contributed by atoms with Crippen molar-refractivity contribution in [2.45, 2.75) is 35.7 Å². The predicted molar refractivity (Wildman–Crippen MR) is 126 cm³/mol. The molecule has 0 bridgehead atoms. The zero-order chi connectivity index (χ0) is 24.5. The molecule has 35 heavy (non-hydrogen) atoms. The van der Waals surface area contributed by atoms with Crippen molar-refractivity contribution >= 4 is 23.2 Å². The van der Waals surface area contributed by atoms with Gasteiger partial charge in [-0.05, 0) is 38.0 Å². The fourth-order valence-corrected chi connectivity index (χ4v) is 5.45. The Morgan fingerprint density at radius 2 is 2.11 bits per heavy atom. The summed E-state index contributed by atoms with van der Waals surface area (Å²) in [7, 11) is 0. The number of carbonyl (C=O) groups is 1. The third kappa shape index (κ3) is 4.26. The van der Waals surface area contributed by atoms with E-state index >= 15 is 0 Å². The van der Waals surface area contributed by atoms with Crippen LogP contribution in [0.1, 0.15) is 30.1 Å². The number of rotatable bonds is 5. The second-order valence-electron chi connectivity index (χ2n) is 8.31. The van der Waals surface area contributed by atoms with Gasteiger partial charge in [-0.2, -0.15) is 15.5 Å². The highest BCUT2D eigenvalue weighted by Crippen LogP contribution is 2.37. The van der Waals surface area contributed by atoms with Gasteiger partial charge >= 0.3 is 0 Å². The summed E-state index contributed by atoms with van der Waals surface area (Å²) in [4.78, 5) is 18.3. The molecular weight excluding hydrogens is 469 g/mol. The first-order chi connectivity index (χ1) is 17.0. The SMILES string of the molecule is Cc1c(-c2cc(Sc3ncccc3F)c3c(C#N)cnn3c2)cnn1C1CCN(C(=O)CO)CC1. The molecule has 0 aromatic carbocycles. The smallest absolute Gasteiger partial charge is 0.248 e. The summed E-state index contributed by atoms with van der Waals surface area (Å²) in [5.74, 6) is -0.686. The number of aliphatic hydroxyl groups excluding tert-OH is 1. The molecule has 0 saturated carbocycles. The number of carbonyl (C=O) groups excluding carboxylic acids is 1. The first-order valence-corrected chi connectivity index (χ1v) is 11.9. The van der Waals surface area contributed by atoms with E-state index in [0.717, 1.165) is 41.4 Å². The van der Waals surface area contributed by atoms with Crippen LogP contribution < -0.4 is 0 Å². The minimum atomic E-state index is -0.470. The topological polar surface area (TPSA) is 112 Å². The van der Waals surface area contributed by atoms with Crippen LogP contribution in [0.15, 0.2) is 52.9 Å². The molecule has 0 aliphatic carbocycles. The third-order valence-corrected chi connectivity index (χ3v) is 7.31. The molecule has 1 aliphatic heterocycles. The van der Waals surface area contributed by atoms with Gasteiger partial charge in [0.05, 0.1) is 29.5 Å². The number of fused-ring (bicyclic) bond motifs is 1. The number of hydrogen-bond acceptors (Lipinski definition) is 7. The van der Waals surface area contributed by atoms with Gasteiger partial charge in [0.1, 0.15) is 17.7 Å². The maximum atomic E-state index is 14.4. The number of nitrogens with zero attached hydrogens (tertiary/aromatic N) is 7. The largest absolute Gasteiger partial charge is 0.387 e. The van der Waals surface area contributed by atoms with Gasteiger partial charge < -0.3 is 10.0 Å². The Bertz CT molecular complexity index is 1450. The Morgan fingerprint density at radius 3 is 2.83 bits per heavy atom. The van der Waals surface area contributed by atoms with Crippen LogP contribution in [0.2, 0.25) is 0 Å². The quantitative estimate of drug-likeness (QED) is 0.456. The third-order valence-electron chi connectivity index (χ3n) is 6.28. The van der Waals surface area contributed by atoms with E-state index in [9.17, 15) is 14.4 Å². The Kier molecular flexibility index (Phi) is 6.23. The summed E-state index contributed by atoms with van der Waals surface area (Å²) >= 11 is 1.15. The number of amides is 1. The predicted octanol–water partition coefficient (Wildman–Crippen LogP) is 3.22. The minimum absolute atomic E-state index is 0.140. The van der Waals surface area contributed by atoms with E-state index in [1.165, 1.54) is 24.5 Å². The van der Waals surface area contributed by atoms with Crippen molar-refractivity contribution in [3.05, 3.63) is 60.1 Å². The average Bonchev–Trinajstić information content (AvgIpc) is 3.48. The van der Waals surface area contributed by atoms with Gasteiger partial charge in [-0.1, -0.05) is 11.8 Å². The number of likely N-dealkylation sites (tertiary alicyclic amines) is 1. The van der Waals surface area contributed by atoms with E-state index in [4.69, 9.17) is 5.11 Å². The van der Waals surface area contributed by atoms with Gasteiger partial charge in [-0.3, -0.25) is 9.48 Å². The number of halogens is 1. The molecule has 0 unspecified atom stereocenters. The van der Waals surface area contributed by atoms with Crippen LogP contribution in [-0.4, -0.2) is 60.0 Å². The summed E-state index contributed by atoms with van der Waals surface area (Å²) in [6.45, 7) is 2.67. The maximum Gasteiger partial charge on any atom is 0.248 e. The second kappa shape index (κ2) is 9.48.